The predicted octanol–water partition coefficient (Wildman–Crippen LogP) is 1.53. The first-order valence-electron chi connectivity index (χ1n) is 7.34. The summed E-state index contributed by atoms with van der Waals surface area (Å²) in [5, 5.41) is 8.92. The summed E-state index contributed by atoms with van der Waals surface area (Å²) >= 11 is 0. The standard InChI is InChI=1S/C16H20N2O4/c1-3-8-18(10-15(20)21)16(22)12-4-6-13-11(9-12)5-7-14(19)17(13)2/h4,6,9H,3,5,7-8,10H2,1-2H3,(H,20,21). The number of benzene rings is 1. The molecule has 1 aliphatic heterocycles. The van der Waals surface area contributed by atoms with E-state index in [4.69, 9.17) is 5.11 Å². The fraction of sp³-hybridized carbons (Fsp3) is 0.438. The molecule has 22 heavy (non-hydrogen) atoms. The number of anilines is 1. The minimum Gasteiger partial charge on any atom is -0.480 e. The summed E-state index contributed by atoms with van der Waals surface area (Å²) in [5.41, 5.74) is 2.23. The Morgan fingerprint density at radius 1 is 1.32 bits per heavy atom. The van der Waals surface area contributed by atoms with Crippen LogP contribution in [0.2, 0.25) is 0 Å². The molecule has 0 spiro atoms. The molecule has 0 atom stereocenters. The SMILES string of the molecule is CCCN(CC(=O)O)C(=O)c1ccc2c(c1)CCC(=O)N2C. The van der Waals surface area contributed by atoms with Gasteiger partial charge in [-0.15, -0.1) is 0 Å². The normalized spacial score (nSPS) is 13.7. The lowest BCUT2D eigenvalue weighted by Crippen LogP contribution is -2.36. The van der Waals surface area contributed by atoms with Crippen LogP contribution in [0.5, 0.6) is 0 Å². The van der Waals surface area contributed by atoms with Gasteiger partial charge in [0.1, 0.15) is 6.54 Å². The Hall–Kier alpha value is -2.37. The molecule has 0 radical (unpaired) electrons. The van der Waals surface area contributed by atoms with Crippen molar-refractivity contribution < 1.29 is 19.5 Å². The van der Waals surface area contributed by atoms with E-state index in [1.807, 2.05) is 6.92 Å². The van der Waals surface area contributed by atoms with Crippen LogP contribution >= 0.6 is 0 Å². The first kappa shape index (κ1) is 16.0. The van der Waals surface area contributed by atoms with E-state index in [1.165, 1.54) is 4.90 Å². The first-order valence-corrected chi connectivity index (χ1v) is 7.34. The molecule has 2 amide bonds. The van der Waals surface area contributed by atoms with Crippen molar-refractivity contribution in [2.45, 2.75) is 26.2 Å². The molecular weight excluding hydrogens is 284 g/mol. The number of hydrogen-bond donors (Lipinski definition) is 1. The van der Waals surface area contributed by atoms with Crippen LogP contribution in [-0.4, -0.2) is 47.9 Å². The van der Waals surface area contributed by atoms with E-state index in [2.05, 4.69) is 0 Å². The number of carbonyl (C=O) groups is 3. The average molecular weight is 304 g/mol. The molecule has 0 bridgehead atoms. The van der Waals surface area contributed by atoms with Crippen molar-refractivity contribution in [2.75, 3.05) is 25.0 Å². The third-order valence-corrected chi connectivity index (χ3v) is 3.78. The van der Waals surface area contributed by atoms with E-state index in [9.17, 15) is 14.4 Å². The molecule has 6 heteroatoms. The summed E-state index contributed by atoms with van der Waals surface area (Å²) in [4.78, 5) is 38.0. The molecule has 0 aromatic heterocycles. The zero-order chi connectivity index (χ0) is 16.3. The van der Waals surface area contributed by atoms with E-state index in [0.717, 1.165) is 11.3 Å². The highest BCUT2D eigenvalue weighted by molar-refractivity contribution is 5.99. The maximum absolute atomic E-state index is 12.5. The molecule has 1 heterocycles. The Kier molecular flexibility index (Phi) is 4.80. The van der Waals surface area contributed by atoms with Crippen LogP contribution in [0.15, 0.2) is 18.2 Å². The monoisotopic (exact) mass is 304 g/mol. The minimum absolute atomic E-state index is 0.0602. The van der Waals surface area contributed by atoms with Gasteiger partial charge in [-0.05, 0) is 36.6 Å². The van der Waals surface area contributed by atoms with E-state index >= 15 is 0 Å². The molecule has 118 valence electrons. The molecule has 1 aliphatic rings. The third kappa shape index (κ3) is 3.27. The van der Waals surface area contributed by atoms with Crippen molar-refractivity contribution in [1.29, 1.82) is 0 Å². The van der Waals surface area contributed by atoms with Gasteiger partial charge in [0.2, 0.25) is 5.91 Å². The van der Waals surface area contributed by atoms with Gasteiger partial charge in [-0.1, -0.05) is 6.92 Å². The van der Waals surface area contributed by atoms with Gasteiger partial charge < -0.3 is 14.9 Å². The van der Waals surface area contributed by atoms with Gasteiger partial charge in [0.05, 0.1) is 0 Å². The molecule has 6 nitrogen and oxygen atoms in total. The lowest BCUT2D eigenvalue weighted by Gasteiger charge is -2.27. The minimum atomic E-state index is -1.02. The van der Waals surface area contributed by atoms with Crippen LogP contribution in [0.3, 0.4) is 0 Å². The van der Waals surface area contributed by atoms with Gasteiger partial charge >= 0.3 is 5.97 Å². The molecule has 0 saturated heterocycles. The third-order valence-electron chi connectivity index (χ3n) is 3.78. The van der Waals surface area contributed by atoms with Gasteiger partial charge in [-0.25, -0.2) is 0 Å². The van der Waals surface area contributed by atoms with E-state index in [0.29, 0.717) is 31.4 Å². The molecule has 0 fully saturated rings. The number of rotatable bonds is 5. The van der Waals surface area contributed by atoms with Crippen LogP contribution < -0.4 is 4.90 Å². The van der Waals surface area contributed by atoms with E-state index in [-0.39, 0.29) is 18.4 Å². The average Bonchev–Trinajstić information content (AvgIpc) is 2.49. The zero-order valence-corrected chi connectivity index (χ0v) is 12.8. The van der Waals surface area contributed by atoms with Gasteiger partial charge in [0.25, 0.3) is 5.91 Å². The van der Waals surface area contributed by atoms with Crippen LogP contribution in [-0.2, 0) is 16.0 Å². The van der Waals surface area contributed by atoms with Gasteiger partial charge in [0, 0.05) is 31.3 Å². The Balaban J connectivity index is 2.27. The lowest BCUT2D eigenvalue weighted by atomic mass is 9.98. The molecule has 0 unspecified atom stereocenters. The highest BCUT2D eigenvalue weighted by Crippen LogP contribution is 2.28. The summed E-state index contributed by atoms with van der Waals surface area (Å²) in [5.74, 6) is -1.25. The summed E-state index contributed by atoms with van der Waals surface area (Å²) < 4.78 is 0. The highest BCUT2D eigenvalue weighted by atomic mass is 16.4. The number of carboxylic acids is 1. The maximum Gasteiger partial charge on any atom is 0.323 e. The van der Waals surface area contributed by atoms with Gasteiger partial charge in [-0.2, -0.15) is 0 Å². The number of amides is 2. The zero-order valence-electron chi connectivity index (χ0n) is 12.8. The summed E-state index contributed by atoms with van der Waals surface area (Å²) in [6.45, 7) is 2.00. The quantitative estimate of drug-likeness (QED) is 0.895. The van der Waals surface area contributed by atoms with Crippen LogP contribution in [0.4, 0.5) is 5.69 Å². The number of fused-ring (bicyclic) bond motifs is 1. The second-order valence-corrected chi connectivity index (χ2v) is 5.42. The Bertz CT molecular complexity index is 612. The number of carbonyl (C=O) groups excluding carboxylic acids is 2. The highest BCUT2D eigenvalue weighted by Gasteiger charge is 2.23. The second kappa shape index (κ2) is 6.60. The maximum atomic E-state index is 12.5. The summed E-state index contributed by atoms with van der Waals surface area (Å²) in [7, 11) is 1.72. The van der Waals surface area contributed by atoms with E-state index < -0.39 is 5.97 Å². The van der Waals surface area contributed by atoms with Crippen molar-refractivity contribution >= 4 is 23.5 Å². The number of aryl methyl sites for hydroxylation is 1. The first-order chi connectivity index (χ1) is 10.4. The van der Waals surface area contributed by atoms with Crippen LogP contribution in [0, 0.1) is 0 Å². The molecular formula is C16H20N2O4. The summed E-state index contributed by atoms with van der Waals surface area (Å²) in [6, 6.07) is 5.18. The molecule has 0 aliphatic carbocycles. The number of aliphatic carboxylic acids is 1. The molecule has 0 saturated carbocycles. The van der Waals surface area contributed by atoms with E-state index in [1.54, 1.807) is 30.1 Å². The Labute approximate surface area is 129 Å². The lowest BCUT2D eigenvalue weighted by molar-refractivity contribution is -0.137. The predicted molar refractivity (Wildman–Crippen MR) is 82.0 cm³/mol. The Morgan fingerprint density at radius 2 is 2.05 bits per heavy atom. The largest absolute Gasteiger partial charge is 0.480 e. The fourth-order valence-electron chi connectivity index (χ4n) is 2.66. The van der Waals surface area contributed by atoms with Gasteiger partial charge in [-0.3, -0.25) is 14.4 Å². The van der Waals surface area contributed by atoms with Crippen molar-refractivity contribution in [3.8, 4) is 0 Å². The number of nitrogens with zero attached hydrogens (tertiary/aromatic N) is 2. The molecule has 1 N–H and O–H groups in total. The van der Waals surface area contributed by atoms with Crippen molar-refractivity contribution in [2.24, 2.45) is 0 Å². The van der Waals surface area contributed by atoms with Crippen molar-refractivity contribution in [1.82, 2.24) is 4.90 Å². The molecule has 2 rings (SSSR count). The van der Waals surface area contributed by atoms with Gasteiger partial charge in [0.15, 0.2) is 0 Å². The smallest absolute Gasteiger partial charge is 0.323 e. The number of carboxylic acid groups (broad SMARTS) is 1. The van der Waals surface area contributed by atoms with Crippen LogP contribution in [0.1, 0.15) is 35.7 Å². The second-order valence-electron chi connectivity index (χ2n) is 5.42. The summed E-state index contributed by atoms with van der Waals surface area (Å²) in [6.07, 6.45) is 1.72. The molecule has 1 aromatic carbocycles. The van der Waals surface area contributed by atoms with Crippen LogP contribution in [0.25, 0.3) is 0 Å². The van der Waals surface area contributed by atoms with Crippen molar-refractivity contribution in [3.63, 3.8) is 0 Å². The topological polar surface area (TPSA) is 77.9 Å². The fourth-order valence-corrected chi connectivity index (χ4v) is 2.66. The molecule has 1 aromatic rings. The number of hydrogen-bond acceptors (Lipinski definition) is 3. The Morgan fingerprint density at radius 3 is 2.68 bits per heavy atom. The van der Waals surface area contributed by atoms with Crippen molar-refractivity contribution in [3.05, 3.63) is 29.3 Å².